The molecular weight excluding hydrogens is 312 g/mol. The number of allylic oxidation sites excluding steroid dienone is 1. The number of amides is 1. The molecule has 25 heavy (non-hydrogen) atoms. The molecule has 0 radical (unpaired) electrons. The molecule has 1 aromatic rings. The molecule has 1 fully saturated rings. The molecule has 0 saturated carbocycles. The van der Waals surface area contributed by atoms with E-state index >= 15 is 0 Å². The van der Waals surface area contributed by atoms with Crippen LogP contribution >= 0.6 is 0 Å². The molecule has 1 amide bonds. The lowest BCUT2D eigenvalue weighted by Crippen LogP contribution is -2.45. The summed E-state index contributed by atoms with van der Waals surface area (Å²) in [6.45, 7) is 16.5. The summed E-state index contributed by atoms with van der Waals surface area (Å²) in [5.41, 5.74) is 5.68. The second-order valence-electron chi connectivity index (χ2n) is 6.50. The Morgan fingerprint density at radius 3 is 2.84 bits per heavy atom. The summed E-state index contributed by atoms with van der Waals surface area (Å²) >= 11 is 0. The van der Waals surface area contributed by atoms with Crippen LogP contribution in [0, 0.1) is 0 Å². The van der Waals surface area contributed by atoms with Crippen LogP contribution in [0.15, 0.2) is 54.3 Å². The Kier molecular flexibility index (Phi) is 4.49. The second-order valence-corrected chi connectivity index (χ2v) is 6.50. The maximum Gasteiger partial charge on any atom is 0.217 e. The number of benzene rings is 1. The van der Waals surface area contributed by atoms with Crippen molar-refractivity contribution >= 4 is 23.1 Å². The van der Waals surface area contributed by atoms with Gasteiger partial charge in [-0.15, -0.1) is 0 Å². The first-order valence-corrected chi connectivity index (χ1v) is 8.42. The smallest absolute Gasteiger partial charge is 0.217 e. The highest BCUT2D eigenvalue weighted by atomic mass is 16.1. The minimum absolute atomic E-state index is 0.0565. The van der Waals surface area contributed by atoms with Gasteiger partial charge in [-0.2, -0.15) is 0 Å². The quantitative estimate of drug-likeness (QED) is 0.889. The molecule has 5 nitrogen and oxygen atoms in total. The van der Waals surface area contributed by atoms with E-state index in [0.29, 0.717) is 6.54 Å². The fourth-order valence-corrected chi connectivity index (χ4v) is 3.48. The summed E-state index contributed by atoms with van der Waals surface area (Å²) in [5, 5.41) is 6.13. The molecule has 0 bridgehead atoms. The predicted octanol–water partition coefficient (Wildman–Crippen LogP) is 3.44. The van der Waals surface area contributed by atoms with E-state index in [2.05, 4.69) is 35.3 Å². The zero-order valence-corrected chi connectivity index (χ0v) is 14.9. The van der Waals surface area contributed by atoms with Crippen molar-refractivity contribution in [1.82, 2.24) is 15.5 Å². The monoisotopic (exact) mass is 336 g/mol. The number of hydrogen-bond donors (Lipinski definition) is 2. The third-order valence-corrected chi connectivity index (χ3v) is 4.64. The van der Waals surface area contributed by atoms with Crippen LogP contribution in [-0.2, 0) is 11.3 Å². The summed E-state index contributed by atoms with van der Waals surface area (Å²) in [6, 6.07) is 6.03. The van der Waals surface area contributed by atoms with Gasteiger partial charge in [0.15, 0.2) is 0 Å². The lowest BCUT2D eigenvalue weighted by molar-refractivity contribution is -0.119. The van der Waals surface area contributed by atoms with Crippen molar-refractivity contribution in [1.29, 1.82) is 0 Å². The van der Waals surface area contributed by atoms with Crippen LogP contribution < -0.4 is 10.6 Å². The van der Waals surface area contributed by atoms with Gasteiger partial charge in [0, 0.05) is 36.1 Å². The highest BCUT2D eigenvalue weighted by Crippen LogP contribution is 2.39. The fourth-order valence-electron chi connectivity index (χ4n) is 3.48. The van der Waals surface area contributed by atoms with Gasteiger partial charge in [0.05, 0.1) is 11.7 Å². The second kappa shape index (κ2) is 6.59. The van der Waals surface area contributed by atoms with Crippen LogP contribution in [0.25, 0.3) is 5.70 Å². The van der Waals surface area contributed by atoms with Crippen LogP contribution in [0.2, 0.25) is 0 Å². The lowest BCUT2D eigenvalue weighted by Gasteiger charge is -2.41. The van der Waals surface area contributed by atoms with E-state index in [1.165, 1.54) is 6.92 Å². The van der Waals surface area contributed by atoms with Crippen molar-refractivity contribution in [3.8, 4) is 0 Å². The Hall–Kier alpha value is -2.82. The lowest BCUT2D eigenvalue weighted by atomic mass is 9.95. The molecule has 1 unspecified atom stereocenters. The topological polar surface area (TPSA) is 56.7 Å². The molecule has 3 rings (SSSR count). The van der Waals surface area contributed by atoms with E-state index < -0.39 is 0 Å². The SMILES string of the molecule is C=C1CCC(N2C(=C)c3c(CNC(C)=O)cccc3N=C2C)C(=C)N1. The number of fused-ring (bicyclic) bond motifs is 1. The summed E-state index contributed by atoms with van der Waals surface area (Å²) < 4.78 is 0. The molecule has 2 aliphatic rings. The number of carbonyl (C=O) groups excluding carboxylic acids is 1. The van der Waals surface area contributed by atoms with E-state index in [1.54, 1.807) is 0 Å². The highest BCUT2D eigenvalue weighted by molar-refractivity contribution is 5.97. The third kappa shape index (κ3) is 3.22. The minimum atomic E-state index is -0.0565. The maximum absolute atomic E-state index is 11.3. The highest BCUT2D eigenvalue weighted by Gasteiger charge is 2.32. The first-order chi connectivity index (χ1) is 11.9. The number of nitrogens with zero attached hydrogens (tertiary/aromatic N) is 2. The zero-order valence-electron chi connectivity index (χ0n) is 14.9. The maximum atomic E-state index is 11.3. The van der Waals surface area contributed by atoms with E-state index in [9.17, 15) is 4.79 Å². The fraction of sp³-hybridized carbons (Fsp3) is 0.300. The van der Waals surface area contributed by atoms with Gasteiger partial charge < -0.3 is 15.5 Å². The third-order valence-electron chi connectivity index (χ3n) is 4.64. The van der Waals surface area contributed by atoms with Crippen LogP contribution in [-0.4, -0.2) is 22.7 Å². The minimum Gasteiger partial charge on any atom is -0.362 e. The summed E-state index contributed by atoms with van der Waals surface area (Å²) in [5.74, 6) is 0.841. The normalized spacial score (nSPS) is 19.9. The van der Waals surface area contributed by atoms with Crippen molar-refractivity contribution in [3.05, 3.63) is 60.5 Å². The summed E-state index contributed by atoms with van der Waals surface area (Å²) in [4.78, 5) is 18.2. The van der Waals surface area contributed by atoms with Crippen LogP contribution in [0.3, 0.4) is 0 Å². The molecule has 0 aliphatic carbocycles. The molecule has 5 heteroatoms. The Morgan fingerprint density at radius 2 is 2.16 bits per heavy atom. The number of piperidine rings is 1. The first-order valence-electron chi connectivity index (χ1n) is 8.42. The molecule has 2 N–H and O–H groups in total. The van der Waals surface area contributed by atoms with E-state index in [4.69, 9.17) is 4.99 Å². The van der Waals surface area contributed by atoms with E-state index in [1.807, 2.05) is 25.1 Å². The Balaban J connectivity index is 1.97. The number of aliphatic imine (C=N–C) groups is 1. The number of nitrogens with one attached hydrogen (secondary N) is 2. The van der Waals surface area contributed by atoms with Crippen molar-refractivity contribution in [2.24, 2.45) is 4.99 Å². The largest absolute Gasteiger partial charge is 0.362 e. The average Bonchev–Trinajstić information content (AvgIpc) is 2.54. The predicted molar refractivity (Wildman–Crippen MR) is 102 cm³/mol. The van der Waals surface area contributed by atoms with Gasteiger partial charge in [-0.05, 0) is 31.4 Å². The Morgan fingerprint density at radius 1 is 1.40 bits per heavy atom. The number of carbonyl (C=O) groups is 1. The van der Waals surface area contributed by atoms with Crippen LogP contribution in [0.1, 0.15) is 37.8 Å². The molecule has 1 atom stereocenters. The standard InChI is InChI=1S/C20H24N4O/c1-12-9-10-19(13(2)22-12)24-14(3)20-17(11-21-16(5)25)7-6-8-18(20)23-15(24)4/h6-8,19,22H,1-3,9-11H2,4-5H3,(H,21,25). The summed E-state index contributed by atoms with van der Waals surface area (Å²) in [6.07, 6.45) is 1.81. The Labute approximate surface area is 148 Å². The molecule has 0 aromatic heterocycles. The van der Waals surface area contributed by atoms with Crippen molar-refractivity contribution < 1.29 is 4.79 Å². The van der Waals surface area contributed by atoms with E-state index in [0.717, 1.165) is 52.6 Å². The Bertz CT molecular complexity index is 806. The van der Waals surface area contributed by atoms with Gasteiger partial charge in [0.2, 0.25) is 5.91 Å². The molecule has 1 saturated heterocycles. The van der Waals surface area contributed by atoms with Gasteiger partial charge in [-0.3, -0.25) is 4.79 Å². The molecular formula is C20H24N4O. The molecule has 1 aromatic carbocycles. The molecule has 2 heterocycles. The number of amidine groups is 1. The van der Waals surface area contributed by atoms with Crippen molar-refractivity contribution in [2.75, 3.05) is 0 Å². The van der Waals surface area contributed by atoms with Gasteiger partial charge in [-0.1, -0.05) is 31.9 Å². The van der Waals surface area contributed by atoms with Crippen LogP contribution in [0.4, 0.5) is 5.69 Å². The van der Waals surface area contributed by atoms with Gasteiger partial charge in [-0.25, -0.2) is 4.99 Å². The van der Waals surface area contributed by atoms with Crippen LogP contribution in [0.5, 0.6) is 0 Å². The van der Waals surface area contributed by atoms with Gasteiger partial charge in [0.1, 0.15) is 5.84 Å². The molecule has 2 aliphatic heterocycles. The zero-order chi connectivity index (χ0) is 18.1. The van der Waals surface area contributed by atoms with Gasteiger partial charge in [0.25, 0.3) is 0 Å². The summed E-state index contributed by atoms with van der Waals surface area (Å²) in [7, 11) is 0. The van der Waals surface area contributed by atoms with E-state index in [-0.39, 0.29) is 11.9 Å². The van der Waals surface area contributed by atoms with Gasteiger partial charge >= 0.3 is 0 Å². The van der Waals surface area contributed by atoms with Crippen molar-refractivity contribution in [2.45, 2.75) is 39.3 Å². The number of rotatable bonds is 3. The molecule has 0 spiro atoms. The average molecular weight is 336 g/mol. The molecule has 130 valence electrons. The first kappa shape index (κ1) is 17.0. The van der Waals surface area contributed by atoms with Crippen molar-refractivity contribution in [3.63, 3.8) is 0 Å². The number of hydrogen-bond acceptors (Lipinski definition) is 4.